The third-order valence-corrected chi connectivity index (χ3v) is 3.22. The van der Waals surface area contributed by atoms with Gasteiger partial charge >= 0.3 is 5.97 Å². The molecular weight excluding hydrogens is 290 g/mol. The number of halogens is 1. The van der Waals surface area contributed by atoms with Crippen molar-refractivity contribution < 1.29 is 14.3 Å². The fourth-order valence-electron chi connectivity index (χ4n) is 1.88. The predicted molar refractivity (Wildman–Crippen MR) is 84.5 cm³/mol. The highest BCUT2D eigenvalue weighted by atomic mass is 35.5. The molecule has 5 heteroatoms. The van der Waals surface area contributed by atoms with Gasteiger partial charge in [0.15, 0.2) is 0 Å². The minimum absolute atomic E-state index is 0.244. The lowest BCUT2D eigenvalue weighted by Gasteiger charge is -2.27. The normalized spacial score (nSPS) is 15.4. The molecule has 0 spiro atoms. The molecule has 118 valence electrons. The van der Waals surface area contributed by atoms with E-state index in [0.717, 1.165) is 6.42 Å². The van der Waals surface area contributed by atoms with Gasteiger partial charge in [0.05, 0.1) is 0 Å². The average Bonchev–Trinajstić information content (AvgIpc) is 2.37. The van der Waals surface area contributed by atoms with Gasteiger partial charge in [0, 0.05) is 5.02 Å². The van der Waals surface area contributed by atoms with Gasteiger partial charge in [-0.15, -0.1) is 0 Å². The Kier molecular flexibility index (Phi) is 6.99. The van der Waals surface area contributed by atoms with Gasteiger partial charge in [-0.3, -0.25) is 4.79 Å². The molecule has 0 unspecified atom stereocenters. The van der Waals surface area contributed by atoms with Gasteiger partial charge in [0.1, 0.15) is 24.0 Å². The molecule has 0 aliphatic carbocycles. The fourth-order valence-corrected chi connectivity index (χ4v) is 2.06. The zero-order valence-electron chi connectivity index (χ0n) is 13.0. The highest BCUT2D eigenvalue weighted by Crippen LogP contribution is 2.22. The maximum Gasteiger partial charge on any atom is 0.323 e. The second-order valence-corrected chi connectivity index (χ2v) is 6.11. The van der Waals surface area contributed by atoms with Crippen LogP contribution in [0, 0.1) is 5.92 Å². The first kappa shape index (κ1) is 17.8. The average molecular weight is 314 g/mol. The van der Waals surface area contributed by atoms with Gasteiger partial charge in [-0.05, 0) is 44.4 Å². The van der Waals surface area contributed by atoms with E-state index in [1.165, 1.54) is 0 Å². The molecule has 0 saturated carbocycles. The highest BCUT2D eigenvalue weighted by molar-refractivity contribution is 6.30. The van der Waals surface area contributed by atoms with Crippen molar-refractivity contribution in [3.05, 3.63) is 29.3 Å². The molecule has 0 aliphatic rings. The molecule has 0 fully saturated rings. The number of carbonyl (C=O) groups is 1. The van der Waals surface area contributed by atoms with Crippen LogP contribution in [0.1, 0.15) is 34.1 Å². The maximum atomic E-state index is 11.6. The molecule has 0 amide bonds. The molecule has 0 aromatic heterocycles. The standard InChI is InChI=1S/C16H24ClNO3/c1-10(2)8-15(12(4)20-16(19)11(3)18)21-14-7-5-6-13(17)9-14/h5-7,9-12,15H,8,18H2,1-4H3/t11-,12-,15+/m0/s1. The van der Waals surface area contributed by atoms with Gasteiger partial charge in [0.2, 0.25) is 0 Å². The molecule has 1 rings (SSSR count). The molecule has 21 heavy (non-hydrogen) atoms. The summed E-state index contributed by atoms with van der Waals surface area (Å²) in [5.41, 5.74) is 5.53. The quantitative estimate of drug-likeness (QED) is 0.784. The van der Waals surface area contributed by atoms with Crippen LogP contribution < -0.4 is 10.5 Å². The highest BCUT2D eigenvalue weighted by Gasteiger charge is 2.25. The number of hydrogen-bond donors (Lipinski definition) is 1. The van der Waals surface area contributed by atoms with E-state index in [4.69, 9.17) is 26.8 Å². The minimum Gasteiger partial charge on any atom is -0.487 e. The number of rotatable bonds is 7. The lowest BCUT2D eigenvalue weighted by atomic mass is 10.0. The largest absolute Gasteiger partial charge is 0.487 e. The van der Waals surface area contributed by atoms with Gasteiger partial charge < -0.3 is 15.2 Å². The van der Waals surface area contributed by atoms with Crippen LogP contribution in [0.2, 0.25) is 5.02 Å². The minimum atomic E-state index is -0.640. The SMILES string of the molecule is CC(C)C[C@@H](Oc1cccc(Cl)c1)[C@H](C)OC(=O)[C@H](C)N. The second kappa shape index (κ2) is 8.25. The van der Waals surface area contributed by atoms with Gasteiger partial charge in [0.25, 0.3) is 0 Å². The second-order valence-electron chi connectivity index (χ2n) is 5.67. The van der Waals surface area contributed by atoms with Crippen LogP contribution in [0.4, 0.5) is 0 Å². The van der Waals surface area contributed by atoms with Crippen molar-refractivity contribution in [3.63, 3.8) is 0 Å². The lowest BCUT2D eigenvalue weighted by molar-refractivity contribution is -0.154. The van der Waals surface area contributed by atoms with Crippen molar-refractivity contribution in [1.29, 1.82) is 0 Å². The Hall–Kier alpha value is -1.26. The van der Waals surface area contributed by atoms with Gasteiger partial charge in [-0.1, -0.05) is 31.5 Å². The summed E-state index contributed by atoms with van der Waals surface area (Å²) in [5, 5.41) is 0.607. The predicted octanol–water partition coefficient (Wildman–Crippen LogP) is 3.41. The Bertz CT molecular complexity index is 463. The van der Waals surface area contributed by atoms with Crippen molar-refractivity contribution in [2.24, 2.45) is 11.7 Å². The van der Waals surface area contributed by atoms with Crippen LogP contribution in [-0.2, 0) is 9.53 Å². The van der Waals surface area contributed by atoms with E-state index in [0.29, 0.717) is 16.7 Å². The molecule has 2 N–H and O–H groups in total. The van der Waals surface area contributed by atoms with Crippen LogP contribution in [-0.4, -0.2) is 24.2 Å². The summed E-state index contributed by atoms with van der Waals surface area (Å²) in [4.78, 5) is 11.6. The van der Waals surface area contributed by atoms with Crippen LogP contribution >= 0.6 is 11.6 Å². The van der Waals surface area contributed by atoms with Crippen molar-refractivity contribution >= 4 is 17.6 Å². The Balaban J connectivity index is 2.77. The molecule has 0 heterocycles. The van der Waals surface area contributed by atoms with E-state index in [1.807, 2.05) is 19.1 Å². The van der Waals surface area contributed by atoms with Crippen LogP contribution in [0.25, 0.3) is 0 Å². The topological polar surface area (TPSA) is 61.5 Å². The van der Waals surface area contributed by atoms with E-state index in [2.05, 4.69) is 13.8 Å². The summed E-state index contributed by atoms with van der Waals surface area (Å²) < 4.78 is 11.3. The van der Waals surface area contributed by atoms with Gasteiger partial charge in [-0.25, -0.2) is 0 Å². The van der Waals surface area contributed by atoms with Crippen molar-refractivity contribution in [2.45, 2.75) is 52.4 Å². The molecule has 4 nitrogen and oxygen atoms in total. The molecule has 1 aromatic rings. The third-order valence-electron chi connectivity index (χ3n) is 2.98. The Morgan fingerprint density at radius 3 is 2.48 bits per heavy atom. The summed E-state index contributed by atoms with van der Waals surface area (Å²) in [6.07, 6.45) is 0.135. The Morgan fingerprint density at radius 1 is 1.29 bits per heavy atom. The zero-order chi connectivity index (χ0) is 16.0. The number of ether oxygens (including phenoxy) is 2. The van der Waals surface area contributed by atoms with Crippen LogP contribution in [0.3, 0.4) is 0 Å². The maximum absolute atomic E-state index is 11.6. The van der Waals surface area contributed by atoms with Crippen LogP contribution in [0.15, 0.2) is 24.3 Å². The molecule has 0 radical (unpaired) electrons. The first-order valence-corrected chi connectivity index (χ1v) is 7.55. The molecule has 3 atom stereocenters. The molecule has 0 saturated heterocycles. The van der Waals surface area contributed by atoms with Crippen molar-refractivity contribution in [1.82, 2.24) is 0 Å². The van der Waals surface area contributed by atoms with Crippen LogP contribution in [0.5, 0.6) is 5.75 Å². The summed E-state index contributed by atoms with van der Waals surface area (Å²) in [7, 11) is 0. The number of esters is 1. The Labute approximate surface area is 131 Å². The summed E-state index contributed by atoms with van der Waals surface area (Å²) in [6, 6.07) is 6.54. The zero-order valence-corrected chi connectivity index (χ0v) is 13.8. The molecule has 0 aliphatic heterocycles. The Morgan fingerprint density at radius 2 is 1.95 bits per heavy atom. The van der Waals surface area contributed by atoms with Crippen molar-refractivity contribution in [2.75, 3.05) is 0 Å². The monoisotopic (exact) mass is 313 g/mol. The smallest absolute Gasteiger partial charge is 0.323 e. The summed E-state index contributed by atoms with van der Waals surface area (Å²) >= 11 is 5.96. The van der Waals surface area contributed by atoms with Crippen molar-refractivity contribution in [3.8, 4) is 5.75 Å². The molecule has 0 bridgehead atoms. The van der Waals surface area contributed by atoms with E-state index < -0.39 is 12.0 Å². The summed E-state index contributed by atoms with van der Waals surface area (Å²) in [5.74, 6) is 0.647. The third kappa shape index (κ3) is 6.36. The lowest BCUT2D eigenvalue weighted by Crippen LogP contribution is -2.39. The number of carbonyl (C=O) groups excluding carboxylic acids is 1. The number of hydrogen-bond acceptors (Lipinski definition) is 4. The molecular formula is C16H24ClNO3. The van der Waals surface area contributed by atoms with Gasteiger partial charge in [-0.2, -0.15) is 0 Å². The summed E-state index contributed by atoms with van der Waals surface area (Å²) in [6.45, 7) is 7.60. The van der Waals surface area contributed by atoms with E-state index >= 15 is 0 Å². The molecule has 1 aromatic carbocycles. The van der Waals surface area contributed by atoms with E-state index in [-0.39, 0.29) is 12.2 Å². The fraction of sp³-hybridized carbons (Fsp3) is 0.562. The number of benzene rings is 1. The van der Waals surface area contributed by atoms with E-state index in [1.54, 1.807) is 19.1 Å². The first-order chi connectivity index (χ1) is 9.79. The number of nitrogens with two attached hydrogens (primary N) is 1. The first-order valence-electron chi connectivity index (χ1n) is 7.18. The van der Waals surface area contributed by atoms with E-state index in [9.17, 15) is 4.79 Å².